The first-order valence-corrected chi connectivity index (χ1v) is 7.91. The average Bonchev–Trinajstić information content (AvgIpc) is 2.67. The van der Waals surface area contributed by atoms with Gasteiger partial charge in [-0.15, -0.1) is 0 Å². The standard InChI is InChI=1S/C18H18F2N2O5/c1-25-17(24)14(11-26-10-12-5-3-2-4-6-12)22-16(23)13-7-8-21-15(9-13)27-18(19)20/h2-9,14,18H,10-11H2,1H3,(H,22,23)/t14-/m0/s1. The fourth-order valence-electron chi connectivity index (χ4n) is 2.13. The Morgan fingerprint density at radius 1 is 1.19 bits per heavy atom. The van der Waals surface area contributed by atoms with Gasteiger partial charge in [-0.05, 0) is 11.6 Å². The van der Waals surface area contributed by atoms with Crippen molar-refractivity contribution in [1.82, 2.24) is 10.3 Å². The van der Waals surface area contributed by atoms with Crippen LogP contribution in [0.2, 0.25) is 0 Å². The highest BCUT2D eigenvalue weighted by molar-refractivity contribution is 5.96. The van der Waals surface area contributed by atoms with Crippen LogP contribution >= 0.6 is 0 Å². The van der Waals surface area contributed by atoms with Gasteiger partial charge >= 0.3 is 12.6 Å². The van der Waals surface area contributed by atoms with Crippen molar-refractivity contribution in [3.63, 3.8) is 0 Å². The molecule has 0 aliphatic carbocycles. The van der Waals surface area contributed by atoms with Gasteiger partial charge in [0.05, 0.1) is 20.3 Å². The summed E-state index contributed by atoms with van der Waals surface area (Å²) >= 11 is 0. The van der Waals surface area contributed by atoms with Crippen LogP contribution in [0.1, 0.15) is 15.9 Å². The lowest BCUT2D eigenvalue weighted by molar-refractivity contribution is -0.144. The largest absolute Gasteiger partial charge is 0.467 e. The molecule has 1 atom stereocenters. The molecule has 0 unspecified atom stereocenters. The average molecular weight is 380 g/mol. The molecule has 9 heteroatoms. The number of benzene rings is 1. The van der Waals surface area contributed by atoms with Crippen molar-refractivity contribution in [3.05, 3.63) is 59.8 Å². The van der Waals surface area contributed by atoms with Crippen molar-refractivity contribution < 1.29 is 32.6 Å². The van der Waals surface area contributed by atoms with Crippen molar-refractivity contribution in [2.75, 3.05) is 13.7 Å². The second kappa shape index (κ2) is 10.2. The summed E-state index contributed by atoms with van der Waals surface area (Å²) in [6.07, 6.45) is 1.14. The van der Waals surface area contributed by atoms with Crippen molar-refractivity contribution in [2.24, 2.45) is 0 Å². The number of aromatic nitrogens is 1. The zero-order chi connectivity index (χ0) is 19.6. The Morgan fingerprint density at radius 2 is 1.93 bits per heavy atom. The maximum Gasteiger partial charge on any atom is 0.388 e. The van der Waals surface area contributed by atoms with Crippen molar-refractivity contribution in [2.45, 2.75) is 19.3 Å². The van der Waals surface area contributed by atoms with E-state index in [1.165, 1.54) is 13.2 Å². The summed E-state index contributed by atoms with van der Waals surface area (Å²) in [5.41, 5.74) is 0.896. The Balaban J connectivity index is 1.98. The molecule has 1 N–H and O–H groups in total. The number of hydrogen-bond acceptors (Lipinski definition) is 6. The number of nitrogens with zero attached hydrogens (tertiary/aromatic N) is 1. The number of methoxy groups -OCH3 is 1. The topological polar surface area (TPSA) is 86.8 Å². The summed E-state index contributed by atoms with van der Waals surface area (Å²) in [5, 5.41) is 2.44. The molecule has 0 aliphatic rings. The Bertz CT molecular complexity index is 758. The molecule has 27 heavy (non-hydrogen) atoms. The molecule has 1 aromatic heterocycles. The number of amides is 1. The minimum Gasteiger partial charge on any atom is -0.467 e. The Hall–Kier alpha value is -3.07. The molecule has 1 amide bonds. The van der Waals surface area contributed by atoms with Crippen LogP contribution in [0.4, 0.5) is 8.78 Å². The van der Waals surface area contributed by atoms with Crippen LogP contribution in [-0.2, 0) is 20.9 Å². The van der Waals surface area contributed by atoms with Crippen LogP contribution in [-0.4, -0.2) is 43.2 Å². The van der Waals surface area contributed by atoms with E-state index in [4.69, 9.17) is 4.74 Å². The highest BCUT2D eigenvalue weighted by atomic mass is 19.3. The lowest BCUT2D eigenvalue weighted by atomic mass is 10.2. The van der Waals surface area contributed by atoms with E-state index in [1.807, 2.05) is 30.3 Å². The van der Waals surface area contributed by atoms with E-state index in [-0.39, 0.29) is 18.8 Å². The summed E-state index contributed by atoms with van der Waals surface area (Å²) in [5.74, 6) is -1.79. The molecule has 0 spiro atoms. The lowest BCUT2D eigenvalue weighted by Crippen LogP contribution is -2.44. The van der Waals surface area contributed by atoms with Gasteiger partial charge in [0.1, 0.15) is 0 Å². The van der Waals surface area contributed by atoms with Gasteiger partial charge in [0.2, 0.25) is 5.88 Å². The van der Waals surface area contributed by atoms with Gasteiger partial charge < -0.3 is 19.5 Å². The van der Waals surface area contributed by atoms with E-state index in [0.717, 1.165) is 17.8 Å². The molecule has 2 aromatic rings. The molecule has 7 nitrogen and oxygen atoms in total. The fraction of sp³-hybridized carbons (Fsp3) is 0.278. The second-order valence-electron chi connectivity index (χ2n) is 5.31. The number of esters is 1. The van der Waals surface area contributed by atoms with Gasteiger partial charge in [0.25, 0.3) is 5.91 Å². The number of pyridine rings is 1. The molecule has 0 bridgehead atoms. The first kappa shape index (κ1) is 20.2. The Kier molecular flexibility index (Phi) is 7.63. The molecule has 1 heterocycles. The number of hydrogen-bond donors (Lipinski definition) is 1. The second-order valence-corrected chi connectivity index (χ2v) is 5.31. The van der Waals surface area contributed by atoms with E-state index in [9.17, 15) is 18.4 Å². The summed E-state index contributed by atoms with van der Waals surface area (Å²) < 4.78 is 38.8. The molecule has 144 valence electrons. The predicted molar refractivity (Wildman–Crippen MR) is 90.2 cm³/mol. The predicted octanol–water partition coefficient (Wildman–Crippen LogP) is 2.17. The van der Waals surface area contributed by atoms with E-state index in [0.29, 0.717) is 0 Å². The highest BCUT2D eigenvalue weighted by Gasteiger charge is 2.23. The summed E-state index contributed by atoms with van der Waals surface area (Å²) in [4.78, 5) is 27.8. The Morgan fingerprint density at radius 3 is 2.59 bits per heavy atom. The van der Waals surface area contributed by atoms with Gasteiger partial charge in [-0.2, -0.15) is 8.78 Å². The van der Waals surface area contributed by atoms with E-state index in [1.54, 1.807) is 0 Å². The first-order chi connectivity index (χ1) is 13.0. The molecule has 0 radical (unpaired) electrons. The number of ether oxygens (including phenoxy) is 3. The van der Waals surface area contributed by atoms with Crippen LogP contribution < -0.4 is 10.1 Å². The Labute approximate surface area is 154 Å². The van der Waals surface area contributed by atoms with Gasteiger partial charge in [-0.25, -0.2) is 9.78 Å². The third kappa shape index (κ3) is 6.63. The number of nitrogens with one attached hydrogen (secondary N) is 1. The smallest absolute Gasteiger partial charge is 0.388 e. The first-order valence-electron chi connectivity index (χ1n) is 7.91. The van der Waals surface area contributed by atoms with Gasteiger partial charge in [-0.3, -0.25) is 4.79 Å². The summed E-state index contributed by atoms with van der Waals surface area (Å²) in [6.45, 7) is -2.95. The van der Waals surface area contributed by atoms with E-state index < -0.39 is 30.4 Å². The quantitative estimate of drug-likeness (QED) is 0.671. The molecule has 0 saturated carbocycles. The van der Waals surface area contributed by atoms with Crippen molar-refractivity contribution in [3.8, 4) is 5.88 Å². The van der Waals surface area contributed by atoms with E-state index in [2.05, 4.69) is 19.8 Å². The molecule has 0 aliphatic heterocycles. The third-order valence-electron chi connectivity index (χ3n) is 3.39. The van der Waals surface area contributed by atoms with Gasteiger partial charge in [0, 0.05) is 17.8 Å². The normalized spacial score (nSPS) is 11.7. The molecule has 0 saturated heterocycles. The lowest BCUT2D eigenvalue weighted by Gasteiger charge is -2.17. The molecule has 1 aromatic carbocycles. The maximum absolute atomic E-state index is 12.3. The minimum absolute atomic E-state index is 0.00221. The molecular weight excluding hydrogens is 362 g/mol. The van der Waals surface area contributed by atoms with Gasteiger partial charge in [-0.1, -0.05) is 30.3 Å². The molecule has 0 fully saturated rings. The number of carbonyl (C=O) groups is 2. The number of halogens is 2. The summed E-state index contributed by atoms with van der Waals surface area (Å²) in [7, 11) is 1.18. The number of alkyl halides is 2. The van der Waals surface area contributed by atoms with Crippen molar-refractivity contribution in [1.29, 1.82) is 0 Å². The number of rotatable bonds is 9. The number of carbonyl (C=O) groups excluding carboxylic acids is 2. The summed E-state index contributed by atoms with van der Waals surface area (Å²) in [6, 6.07) is 10.5. The maximum atomic E-state index is 12.3. The van der Waals surface area contributed by atoms with Crippen LogP contribution in [0, 0.1) is 0 Å². The van der Waals surface area contributed by atoms with Crippen LogP contribution in [0.25, 0.3) is 0 Å². The minimum atomic E-state index is -3.06. The third-order valence-corrected chi connectivity index (χ3v) is 3.39. The van der Waals surface area contributed by atoms with Crippen LogP contribution in [0.5, 0.6) is 5.88 Å². The van der Waals surface area contributed by atoms with Gasteiger partial charge in [0.15, 0.2) is 6.04 Å². The highest BCUT2D eigenvalue weighted by Crippen LogP contribution is 2.12. The van der Waals surface area contributed by atoms with Crippen LogP contribution in [0.3, 0.4) is 0 Å². The zero-order valence-electron chi connectivity index (χ0n) is 14.4. The molecule has 2 rings (SSSR count). The zero-order valence-corrected chi connectivity index (χ0v) is 14.4. The SMILES string of the molecule is COC(=O)[C@H](COCc1ccccc1)NC(=O)c1ccnc(OC(F)F)c1. The van der Waals surface area contributed by atoms with Crippen molar-refractivity contribution >= 4 is 11.9 Å². The monoisotopic (exact) mass is 380 g/mol. The van der Waals surface area contributed by atoms with Crippen LogP contribution in [0.15, 0.2) is 48.7 Å². The fourth-order valence-corrected chi connectivity index (χ4v) is 2.13. The van der Waals surface area contributed by atoms with E-state index >= 15 is 0 Å². The molecular formula is C18H18F2N2O5.